The normalized spacial score (nSPS) is 10.4. The number of carbonyl (C=O) groups excluding carboxylic acids is 1. The fourth-order valence-corrected chi connectivity index (χ4v) is 3.17. The third-order valence-electron chi connectivity index (χ3n) is 4.45. The molecule has 0 radical (unpaired) electrons. The van der Waals surface area contributed by atoms with E-state index in [1.165, 1.54) is 11.1 Å². The van der Waals surface area contributed by atoms with Gasteiger partial charge in [0.15, 0.2) is 0 Å². The second kappa shape index (κ2) is 8.29. The van der Waals surface area contributed by atoms with Gasteiger partial charge in [-0.25, -0.2) is 0 Å². The van der Waals surface area contributed by atoms with Gasteiger partial charge in [0.25, 0.3) is 0 Å². The predicted molar refractivity (Wildman–Crippen MR) is 104 cm³/mol. The lowest BCUT2D eigenvalue weighted by Crippen LogP contribution is -2.23. The first-order valence-corrected chi connectivity index (χ1v) is 8.63. The molecule has 3 rings (SSSR count). The molecule has 0 aliphatic heterocycles. The minimum atomic E-state index is 0.447. The largest absolute Gasteiger partial charge is 0.363 e. The molecule has 2 nitrogen and oxygen atoms in total. The van der Waals surface area contributed by atoms with E-state index in [1.807, 2.05) is 12.1 Å². The van der Waals surface area contributed by atoms with Gasteiger partial charge in [0.1, 0.15) is 6.29 Å². The van der Waals surface area contributed by atoms with E-state index in [4.69, 9.17) is 0 Å². The molecule has 126 valence electrons. The van der Waals surface area contributed by atoms with Gasteiger partial charge in [-0.3, -0.25) is 0 Å². The van der Waals surface area contributed by atoms with Crippen LogP contribution in [0, 0.1) is 6.92 Å². The second-order valence-electron chi connectivity index (χ2n) is 6.27. The molecular formula is C23H23NO. The molecule has 2 heteroatoms. The van der Waals surface area contributed by atoms with Crippen LogP contribution in [0.25, 0.3) is 0 Å². The predicted octanol–water partition coefficient (Wildman–Crippen LogP) is 4.94. The summed E-state index contributed by atoms with van der Waals surface area (Å²) in [7, 11) is 0. The summed E-state index contributed by atoms with van der Waals surface area (Å²) < 4.78 is 0. The summed E-state index contributed by atoms with van der Waals surface area (Å²) in [6.45, 7) is 3.70. The summed E-state index contributed by atoms with van der Waals surface area (Å²) >= 11 is 0. The number of aldehydes is 1. The van der Waals surface area contributed by atoms with Gasteiger partial charge in [-0.15, -0.1) is 0 Å². The van der Waals surface area contributed by atoms with Crippen LogP contribution >= 0.6 is 0 Å². The Bertz CT molecular complexity index is 771. The Morgan fingerprint density at radius 2 is 1.32 bits per heavy atom. The molecule has 0 atom stereocenters. The van der Waals surface area contributed by atoms with Crippen LogP contribution in [0.4, 0.5) is 5.69 Å². The van der Waals surface area contributed by atoms with Gasteiger partial charge in [-0.05, 0) is 35.2 Å². The van der Waals surface area contributed by atoms with Crippen molar-refractivity contribution in [3.05, 3.63) is 101 Å². The number of aryl methyl sites for hydroxylation is 1. The van der Waals surface area contributed by atoms with E-state index in [0.717, 1.165) is 36.2 Å². The van der Waals surface area contributed by atoms with E-state index >= 15 is 0 Å². The molecule has 0 aliphatic rings. The number of anilines is 1. The zero-order chi connectivity index (χ0) is 17.5. The summed E-state index contributed by atoms with van der Waals surface area (Å²) in [6, 6.07) is 27.2. The molecular weight excluding hydrogens is 306 g/mol. The van der Waals surface area contributed by atoms with Gasteiger partial charge in [0.05, 0.1) is 0 Å². The molecule has 0 heterocycles. The van der Waals surface area contributed by atoms with Crippen LogP contribution in [-0.4, -0.2) is 6.29 Å². The van der Waals surface area contributed by atoms with Crippen LogP contribution in [0.5, 0.6) is 0 Å². The molecule has 3 aromatic carbocycles. The quantitative estimate of drug-likeness (QED) is 0.572. The first kappa shape index (κ1) is 17.0. The van der Waals surface area contributed by atoms with E-state index in [1.54, 1.807) is 0 Å². The number of nitrogens with zero attached hydrogens (tertiary/aromatic N) is 1. The Labute approximate surface area is 149 Å². The van der Waals surface area contributed by atoms with Crippen molar-refractivity contribution < 1.29 is 4.79 Å². The summed E-state index contributed by atoms with van der Waals surface area (Å²) in [6.07, 6.45) is 1.44. The van der Waals surface area contributed by atoms with Crippen molar-refractivity contribution in [2.24, 2.45) is 0 Å². The van der Waals surface area contributed by atoms with Crippen molar-refractivity contribution in [3.8, 4) is 0 Å². The minimum Gasteiger partial charge on any atom is -0.363 e. The second-order valence-corrected chi connectivity index (χ2v) is 6.27. The highest BCUT2D eigenvalue weighted by Gasteiger charge is 2.14. The highest BCUT2D eigenvalue weighted by molar-refractivity contribution is 5.66. The van der Waals surface area contributed by atoms with Crippen LogP contribution in [0.1, 0.15) is 22.3 Å². The zero-order valence-corrected chi connectivity index (χ0v) is 14.6. The lowest BCUT2D eigenvalue weighted by Gasteiger charge is -2.28. The van der Waals surface area contributed by atoms with Gasteiger partial charge < -0.3 is 9.69 Å². The topological polar surface area (TPSA) is 20.3 Å². The Balaban J connectivity index is 1.98. The van der Waals surface area contributed by atoms with Gasteiger partial charge in [0.2, 0.25) is 0 Å². The van der Waals surface area contributed by atoms with Crippen molar-refractivity contribution >= 4 is 12.0 Å². The monoisotopic (exact) mass is 329 g/mol. The molecule has 25 heavy (non-hydrogen) atoms. The van der Waals surface area contributed by atoms with E-state index in [2.05, 4.69) is 78.6 Å². The summed E-state index contributed by atoms with van der Waals surface area (Å²) in [5.41, 5.74) is 5.94. The molecule has 0 saturated carbocycles. The Kier molecular flexibility index (Phi) is 5.63. The first-order chi connectivity index (χ1) is 12.3. The Morgan fingerprint density at radius 3 is 1.84 bits per heavy atom. The standard InChI is InChI=1S/C23H23NO/c1-19-9-8-14-23(22(19)15-16-25)24(17-20-10-4-2-5-11-20)18-21-12-6-3-7-13-21/h2-14,16H,15,17-18H2,1H3. The fourth-order valence-electron chi connectivity index (χ4n) is 3.17. The smallest absolute Gasteiger partial charge is 0.124 e. The highest BCUT2D eigenvalue weighted by atomic mass is 16.1. The zero-order valence-electron chi connectivity index (χ0n) is 14.6. The molecule has 3 aromatic rings. The third-order valence-corrected chi connectivity index (χ3v) is 4.45. The van der Waals surface area contributed by atoms with E-state index in [-0.39, 0.29) is 0 Å². The van der Waals surface area contributed by atoms with Crippen molar-refractivity contribution in [1.82, 2.24) is 0 Å². The minimum absolute atomic E-state index is 0.447. The van der Waals surface area contributed by atoms with Crippen LogP contribution in [0.15, 0.2) is 78.9 Å². The number of rotatable bonds is 7. The molecule has 0 unspecified atom stereocenters. The number of benzene rings is 3. The van der Waals surface area contributed by atoms with Gasteiger partial charge in [0, 0.05) is 25.2 Å². The van der Waals surface area contributed by atoms with Gasteiger partial charge in [-0.2, -0.15) is 0 Å². The van der Waals surface area contributed by atoms with Crippen LogP contribution in [0.3, 0.4) is 0 Å². The van der Waals surface area contributed by atoms with Gasteiger partial charge >= 0.3 is 0 Å². The third kappa shape index (κ3) is 4.36. The summed E-state index contributed by atoms with van der Waals surface area (Å²) in [5, 5.41) is 0. The molecule has 0 bridgehead atoms. The SMILES string of the molecule is Cc1cccc(N(Cc2ccccc2)Cc2ccccc2)c1CC=O. The number of hydrogen-bond acceptors (Lipinski definition) is 2. The Morgan fingerprint density at radius 1 is 0.760 bits per heavy atom. The van der Waals surface area contributed by atoms with E-state index in [0.29, 0.717) is 6.42 Å². The van der Waals surface area contributed by atoms with Crippen molar-refractivity contribution in [3.63, 3.8) is 0 Å². The van der Waals surface area contributed by atoms with Crippen molar-refractivity contribution in [2.45, 2.75) is 26.4 Å². The van der Waals surface area contributed by atoms with Crippen LogP contribution in [-0.2, 0) is 24.3 Å². The maximum Gasteiger partial charge on any atom is 0.124 e. The maximum absolute atomic E-state index is 11.2. The lowest BCUT2D eigenvalue weighted by molar-refractivity contribution is -0.107. The summed E-state index contributed by atoms with van der Waals surface area (Å²) in [5.74, 6) is 0. The van der Waals surface area contributed by atoms with Crippen molar-refractivity contribution in [1.29, 1.82) is 0 Å². The Hall–Kier alpha value is -2.87. The molecule has 0 aliphatic carbocycles. The molecule has 0 spiro atoms. The lowest BCUT2D eigenvalue weighted by atomic mass is 10.0. The molecule has 0 aromatic heterocycles. The van der Waals surface area contributed by atoms with E-state index < -0.39 is 0 Å². The number of carbonyl (C=O) groups is 1. The average molecular weight is 329 g/mol. The first-order valence-electron chi connectivity index (χ1n) is 8.63. The van der Waals surface area contributed by atoms with Crippen LogP contribution < -0.4 is 4.90 Å². The molecule has 0 saturated heterocycles. The van der Waals surface area contributed by atoms with E-state index in [9.17, 15) is 4.79 Å². The maximum atomic E-state index is 11.2. The molecule has 0 amide bonds. The summed E-state index contributed by atoms with van der Waals surface area (Å²) in [4.78, 5) is 13.6. The average Bonchev–Trinajstić information content (AvgIpc) is 2.65. The molecule has 0 fully saturated rings. The fraction of sp³-hybridized carbons (Fsp3) is 0.174. The van der Waals surface area contributed by atoms with Crippen LogP contribution in [0.2, 0.25) is 0 Å². The van der Waals surface area contributed by atoms with Crippen molar-refractivity contribution in [2.75, 3.05) is 4.90 Å². The highest BCUT2D eigenvalue weighted by Crippen LogP contribution is 2.27. The molecule has 0 N–H and O–H groups in total. The van der Waals surface area contributed by atoms with Gasteiger partial charge in [-0.1, -0.05) is 72.8 Å². The number of hydrogen-bond donors (Lipinski definition) is 0.